The zero-order valence-electron chi connectivity index (χ0n) is 46.5. The summed E-state index contributed by atoms with van der Waals surface area (Å²) < 4.78 is 30.2. The fourth-order valence-corrected chi connectivity index (χ4v) is 8.70. The van der Waals surface area contributed by atoms with Gasteiger partial charge in [0, 0.05) is 110 Å². The Bertz CT molecular complexity index is 4450. The number of methoxy groups -OCH3 is 1. The number of benzene rings is 3. The van der Waals surface area contributed by atoms with Crippen LogP contribution in [0.5, 0.6) is 5.88 Å². The van der Waals surface area contributed by atoms with Crippen LogP contribution in [-0.4, -0.2) is 124 Å². The standard InChI is InChI=1S/C20H20N8O2.C19H18N6O3.C17H16FN9O/c1-3-22-20(29)28-19-26-15-8-11(12-9-23-18(21)24-10-12)7-13(17(15)27-19)14-5-4-6-16(25-14)30-2;1-3-28-19(27)23-18-21-14-9-13(12-5-8-24(2)16(26)11-12)10-15(17(14)22-18)25-7-4-6-20-25;1-2-20-17(28)26-16-24-11-6-10(9-7-21-15(19)22-8-9)12(18)14(13(11)25-16)27-5-3-4-23-27/h4-10H,3H2,1-2H3,(H2,21,23,24)(H3,22,26,27,28,29);4-11H,3H2,1-2H3,(H2,21,22,23,27);3-8H,2H2,1H3,(H2,19,21,22)(H3,20,24,25,26,28). The van der Waals surface area contributed by atoms with E-state index in [0.717, 1.165) is 33.3 Å². The number of aromatic nitrogens is 16. The highest BCUT2D eigenvalue weighted by Gasteiger charge is 2.22. The average Bonchev–Trinajstić information content (AvgIpc) is 2.06. The Morgan fingerprint density at radius 1 is 0.605 bits per heavy atom. The quantitative estimate of drug-likeness (QED) is 0.0532. The molecule has 12 aromatic rings. The molecular formula is C56H54FN23O6. The van der Waals surface area contributed by atoms with Crippen LogP contribution >= 0.6 is 0 Å². The molecule has 12 rings (SSSR count). The number of aromatic amines is 3. The lowest BCUT2D eigenvalue weighted by atomic mass is 10.0. The monoisotopic (exact) mass is 1160 g/mol. The number of ether oxygens (including phenoxy) is 2. The number of carbonyl (C=O) groups excluding carboxylic acids is 3. The number of halogens is 1. The van der Waals surface area contributed by atoms with Crippen molar-refractivity contribution >= 4 is 81.0 Å². The first-order valence-electron chi connectivity index (χ1n) is 26.4. The van der Waals surface area contributed by atoms with Crippen LogP contribution in [0.2, 0.25) is 0 Å². The number of urea groups is 2. The molecule has 0 bridgehead atoms. The summed E-state index contributed by atoms with van der Waals surface area (Å²) in [5, 5.41) is 21.5. The molecule has 29 nitrogen and oxygen atoms in total. The highest BCUT2D eigenvalue weighted by Crippen LogP contribution is 2.36. The zero-order chi connectivity index (χ0) is 60.4. The molecule has 9 heterocycles. The number of nitrogens with one attached hydrogen (secondary N) is 8. The van der Waals surface area contributed by atoms with Gasteiger partial charge in [0.2, 0.25) is 35.6 Å². The van der Waals surface area contributed by atoms with E-state index in [0.29, 0.717) is 69.4 Å². The fourth-order valence-electron chi connectivity index (χ4n) is 8.70. The largest absolute Gasteiger partial charge is 0.481 e. The number of anilines is 5. The number of nitrogens with zero attached hydrogens (tertiary/aromatic N) is 13. The minimum Gasteiger partial charge on any atom is -0.481 e. The van der Waals surface area contributed by atoms with E-state index in [2.05, 4.69) is 91.6 Å². The van der Waals surface area contributed by atoms with Crippen molar-refractivity contribution in [2.24, 2.45) is 7.05 Å². The second kappa shape index (κ2) is 25.4. The first-order chi connectivity index (χ1) is 41.7. The SMILES string of the molecule is CCNC(=O)Nc1nc2c(-c3cccc(OC)n3)cc(-c3cnc(N)nc3)cc2[nH]1.CCNC(=O)Nc1nc2c(-n3cccn3)c(F)c(-c3cnc(N)nc3)cc2[nH]1.CCOC(=O)Nc1nc2c(-n3cccn3)cc(-c3ccn(C)c(=O)c3)cc2[nH]1. The van der Waals surface area contributed by atoms with E-state index in [1.165, 1.54) is 27.8 Å². The maximum Gasteiger partial charge on any atom is 0.413 e. The number of nitrogen functional groups attached to an aromatic ring is 2. The van der Waals surface area contributed by atoms with E-state index in [1.54, 1.807) is 100 Å². The number of fused-ring (bicyclic) bond motifs is 3. The van der Waals surface area contributed by atoms with E-state index in [-0.39, 0.29) is 53.2 Å². The number of pyridine rings is 2. The Morgan fingerprint density at radius 3 is 1.77 bits per heavy atom. The van der Waals surface area contributed by atoms with E-state index in [9.17, 15) is 19.2 Å². The minimum atomic E-state index is -0.589. The highest BCUT2D eigenvalue weighted by atomic mass is 19.1. The summed E-state index contributed by atoms with van der Waals surface area (Å²) >= 11 is 0. The highest BCUT2D eigenvalue weighted by molar-refractivity contribution is 5.99. The molecular weight excluding hydrogens is 1110 g/mol. The lowest BCUT2D eigenvalue weighted by Crippen LogP contribution is -2.28. The van der Waals surface area contributed by atoms with Crippen LogP contribution in [0.1, 0.15) is 20.8 Å². The molecule has 86 heavy (non-hydrogen) atoms. The lowest BCUT2D eigenvalue weighted by Gasteiger charge is -2.09. The number of amides is 5. The molecule has 30 heteroatoms. The normalized spacial score (nSPS) is 10.9. The molecule has 0 aliphatic heterocycles. The summed E-state index contributed by atoms with van der Waals surface area (Å²) in [6.07, 6.45) is 13.9. The van der Waals surface area contributed by atoms with E-state index in [4.69, 9.17) is 20.9 Å². The predicted molar refractivity (Wildman–Crippen MR) is 320 cm³/mol. The van der Waals surface area contributed by atoms with Gasteiger partial charge in [-0.15, -0.1) is 0 Å². The number of hydrogen-bond donors (Lipinski definition) is 10. The summed E-state index contributed by atoms with van der Waals surface area (Å²) in [7, 11) is 3.26. The smallest absolute Gasteiger partial charge is 0.413 e. The maximum absolute atomic E-state index is 15.4. The van der Waals surface area contributed by atoms with Crippen molar-refractivity contribution in [3.05, 3.63) is 145 Å². The van der Waals surface area contributed by atoms with Gasteiger partial charge in [0.1, 0.15) is 16.7 Å². The molecule has 0 atom stereocenters. The van der Waals surface area contributed by atoms with E-state index < -0.39 is 17.9 Å². The number of hydrogen-bond acceptors (Lipinski definition) is 18. The molecule has 12 N–H and O–H groups in total. The number of aryl methyl sites for hydroxylation is 1. The number of rotatable bonds is 13. The van der Waals surface area contributed by atoms with Crippen molar-refractivity contribution in [1.82, 2.24) is 89.6 Å². The van der Waals surface area contributed by atoms with Crippen molar-refractivity contribution < 1.29 is 28.2 Å². The van der Waals surface area contributed by atoms with Crippen LogP contribution < -0.4 is 48.3 Å². The Kier molecular flexibility index (Phi) is 16.8. The van der Waals surface area contributed by atoms with Gasteiger partial charge in [0.05, 0.1) is 47.2 Å². The molecule has 0 fully saturated rings. The molecule has 5 amide bonds. The van der Waals surface area contributed by atoms with Crippen molar-refractivity contribution in [3.8, 4) is 61.9 Å². The Labute approximate surface area is 485 Å². The number of imidazole rings is 3. The van der Waals surface area contributed by atoms with Gasteiger partial charge < -0.3 is 51.1 Å². The number of H-pyrrole nitrogens is 3. The third-order valence-electron chi connectivity index (χ3n) is 12.6. The van der Waals surface area contributed by atoms with E-state index >= 15 is 4.39 Å². The molecule has 3 aromatic carbocycles. The first-order valence-corrected chi connectivity index (χ1v) is 26.4. The van der Waals surface area contributed by atoms with Gasteiger partial charge in [-0.05, 0) is 92.1 Å². The summed E-state index contributed by atoms with van der Waals surface area (Å²) in [6.45, 7) is 6.59. The molecule has 0 saturated heterocycles. The van der Waals surface area contributed by atoms with Crippen LogP contribution in [0.3, 0.4) is 0 Å². The molecule has 9 aromatic heterocycles. The maximum atomic E-state index is 15.4. The van der Waals surface area contributed by atoms with Crippen LogP contribution in [0.25, 0.3) is 89.1 Å². The third kappa shape index (κ3) is 12.8. The average molecular weight is 1160 g/mol. The lowest BCUT2D eigenvalue weighted by molar-refractivity contribution is 0.167. The molecule has 0 aliphatic rings. The van der Waals surface area contributed by atoms with Gasteiger partial charge in [0.25, 0.3) is 5.56 Å². The summed E-state index contributed by atoms with van der Waals surface area (Å²) in [5.41, 5.74) is 20.7. The summed E-state index contributed by atoms with van der Waals surface area (Å²) in [4.78, 5) is 90.5. The van der Waals surface area contributed by atoms with Gasteiger partial charge in [-0.3, -0.25) is 20.7 Å². The Hall–Kier alpha value is -12.1. The van der Waals surface area contributed by atoms with Crippen molar-refractivity contribution in [1.29, 1.82) is 0 Å². The summed E-state index contributed by atoms with van der Waals surface area (Å²) in [6, 6.07) is 20.8. The molecule has 436 valence electrons. The third-order valence-corrected chi connectivity index (χ3v) is 12.6. The Balaban J connectivity index is 0.000000143. The summed E-state index contributed by atoms with van der Waals surface area (Å²) in [5.74, 6) is 0.990. The van der Waals surface area contributed by atoms with Crippen LogP contribution in [0.4, 0.5) is 48.5 Å². The van der Waals surface area contributed by atoms with Gasteiger partial charge in [-0.2, -0.15) is 10.2 Å². The molecule has 0 radical (unpaired) electrons. The van der Waals surface area contributed by atoms with Gasteiger partial charge in [-0.25, -0.2) is 68.0 Å². The van der Waals surface area contributed by atoms with Gasteiger partial charge in [-0.1, -0.05) is 6.07 Å². The molecule has 0 saturated carbocycles. The van der Waals surface area contributed by atoms with Crippen LogP contribution in [-0.2, 0) is 11.8 Å². The van der Waals surface area contributed by atoms with Crippen molar-refractivity contribution in [2.75, 3.05) is 54.2 Å². The Morgan fingerprint density at radius 2 is 1.17 bits per heavy atom. The van der Waals surface area contributed by atoms with Crippen LogP contribution in [0.15, 0.2) is 133 Å². The van der Waals surface area contributed by atoms with E-state index in [1.807, 2.05) is 49.4 Å². The molecule has 0 spiro atoms. The van der Waals surface area contributed by atoms with Gasteiger partial charge >= 0.3 is 18.2 Å². The number of nitrogens with two attached hydrogens (primary N) is 2. The van der Waals surface area contributed by atoms with Gasteiger partial charge in [0.15, 0.2) is 5.82 Å². The minimum absolute atomic E-state index is 0.0903. The molecule has 0 aliphatic carbocycles. The zero-order valence-corrected chi connectivity index (χ0v) is 46.5. The molecule has 0 unspecified atom stereocenters. The predicted octanol–water partition coefficient (Wildman–Crippen LogP) is 7.57. The topological polar surface area (TPSA) is 390 Å². The van der Waals surface area contributed by atoms with Crippen LogP contribution in [0, 0.1) is 5.82 Å². The number of carbonyl (C=O) groups is 3. The first kappa shape index (κ1) is 57.1. The van der Waals surface area contributed by atoms with Crippen molar-refractivity contribution in [3.63, 3.8) is 0 Å². The second-order valence-corrected chi connectivity index (χ2v) is 18.4. The van der Waals surface area contributed by atoms with Crippen molar-refractivity contribution in [2.45, 2.75) is 20.8 Å². The second-order valence-electron chi connectivity index (χ2n) is 18.4. The fraction of sp³-hybridized carbons (Fsp3) is 0.143.